The zero-order valence-electron chi connectivity index (χ0n) is 12.6. The molecule has 5 nitrogen and oxygen atoms in total. The minimum atomic E-state index is -0.547. The molecule has 0 saturated carbocycles. The van der Waals surface area contributed by atoms with Crippen molar-refractivity contribution in [3.8, 4) is 0 Å². The zero-order chi connectivity index (χ0) is 15.7. The molecule has 0 aliphatic carbocycles. The Morgan fingerprint density at radius 3 is 2.29 bits per heavy atom. The quantitative estimate of drug-likeness (QED) is 0.676. The van der Waals surface area contributed by atoms with Crippen molar-refractivity contribution in [1.29, 1.82) is 0 Å². The van der Waals surface area contributed by atoms with Crippen molar-refractivity contribution in [2.45, 2.75) is 32.8 Å². The Morgan fingerprint density at radius 1 is 1.10 bits per heavy atom. The molecule has 1 atom stereocenters. The Balaban J connectivity index is 2.30. The maximum Gasteiger partial charge on any atom is 0.251 e. The average Bonchev–Trinajstić information content (AvgIpc) is 2.52. The van der Waals surface area contributed by atoms with Gasteiger partial charge in [0.1, 0.15) is 0 Å². The van der Waals surface area contributed by atoms with E-state index in [-0.39, 0.29) is 30.8 Å². The summed E-state index contributed by atoms with van der Waals surface area (Å²) in [6.45, 7) is 4.15. The van der Waals surface area contributed by atoms with Crippen LogP contribution in [0.2, 0.25) is 0 Å². The molecular formula is C16H24N2O3. The molecule has 0 saturated heterocycles. The molecule has 0 spiro atoms. The van der Waals surface area contributed by atoms with E-state index in [1.54, 1.807) is 24.3 Å². The summed E-state index contributed by atoms with van der Waals surface area (Å²) in [6, 6.07) is 8.72. The van der Waals surface area contributed by atoms with E-state index in [2.05, 4.69) is 10.6 Å². The zero-order valence-corrected chi connectivity index (χ0v) is 12.6. The van der Waals surface area contributed by atoms with Crippen LogP contribution in [0.25, 0.3) is 0 Å². The van der Waals surface area contributed by atoms with Gasteiger partial charge in [0.25, 0.3) is 5.91 Å². The number of carbonyl (C=O) groups excluding carboxylic acids is 2. The van der Waals surface area contributed by atoms with Gasteiger partial charge in [0.05, 0.1) is 12.6 Å². The van der Waals surface area contributed by atoms with Crippen LogP contribution in [0.4, 0.5) is 0 Å². The van der Waals surface area contributed by atoms with Gasteiger partial charge in [-0.3, -0.25) is 9.59 Å². The highest BCUT2D eigenvalue weighted by molar-refractivity contribution is 5.96. The smallest absolute Gasteiger partial charge is 0.251 e. The molecule has 21 heavy (non-hydrogen) atoms. The van der Waals surface area contributed by atoms with Crippen LogP contribution in [0, 0.1) is 5.92 Å². The molecule has 0 aliphatic rings. The Labute approximate surface area is 125 Å². The van der Waals surface area contributed by atoms with E-state index in [0.29, 0.717) is 5.56 Å². The highest BCUT2D eigenvalue weighted by atomic mass is 16.3. The predicted octanol–water partition coefficient (Wildman–Crippen LogP) is 1.33. The Bertz CT molecular complexity index is 444. The molecule has 116 valence electrons. The summed E-state index contributed by atoms with van der Waals surface area (Å²) in [7, 11) is 0. The van der Waals surface area contributed by atoms with Crippen molar-refractivity contribution in [2.24, 2.45) is 5.92 Å². The van der Waals surface area contributed by atoms with Crippen LogP contribution < -0.4 is 10.6 Å². The Kier molecular flexibility index (Phi) is 7.46. The third-order valence-electron chi connectivity index (χ3n) is 3.55. The number of hydrogen-bond acceptors (Lipinski definition) is 3. The van der Waals surface area contributed by atoms with Crippen molar-refractivity contribution < 1.29 is 14.7 Å². The van der Waals surface area contributed by atoms with E-state index < -0.39 is 6.10 Å². The van der Waals surface area contributed by atoms with Gasteiger partial charge in [-0.2, -0.15) is 0 Å². The number of nitrogens with one attached hydrogen (secondary N) is 2. The maximum atomic E-state index is 11.7. The van der Waals surface area contributed by atoms with Crippen molar-refractivity contribution in [2.75, 3.05) is 13.1 Å². The minimum absolute atomic E-state index is 0.0939. The third-order valence-corrected chi connectivity index (χ3v) is 3.55. The Hall–Kier alpha value is -1.88. The molecule has 1 aromatic carbocycles. The van der Waals surface area contributed by atoms with E-state index in [0.717, 1.165) is 12.8 Å². The predicted molar refractivity (Wildman–Crippen MR) is 81.9 cm³/mol. The summed E-state index contributed by atoms with van der Waals surface area (Å²) in [6.07, 6.45) is 1.20. The maximum absolute atomic E-state index is 11.7. The molecule has 0 aliphatic heterocycles. The number of rotatable bonds is 8. The minimum Gasteiger partial charge on any atom is -0.391 e. The number of aliphatic hydroxyl groups is 1. The number of hydrogen-bond donors (Lipinski definition) is 3. The van der Waals surface area contributed by atoms with Crippen LogP contribution in [0.1, 0.15) is 37.0 Å². The van der Waals surface area contributed by atoms with Gasteiger partial charge in [0, 0.05) is 12.1 Å². The van der Waals surface area contributed by atoms with Crippen LogP contribution in [-0.2, 0) is 4.79 Å². The summed E-state index contributed by atoms with van der Waals surface area (Å²) < 4.78 is 0. The Morgan fingerprint density at radius 2 is 1.71 bits per heavy atom. The molecular weight excluding hydrogens is 268 g/mol. The van der Waals surface area contributed by atoms with Gasteiger partial charge in [0.15, 0.2) is 0 Å². The van der Waals surface area contributed by atoms with Crippen LogP contribution in [0.3, 0.4) is 0 Å². The van der Waals surface area contributed by atoms with Crippen molar-refractivity contribution in [3.63, 3.8) is 0 Å². The van der Waals surface area contributed by atoms with Crippen molar-refractivity contribution in [1.82, 2.24) is 10.6 Å². The highest BCUT2D eigenvalue weighted by Gasteiger charge is 2.16. The van der Waals surface area contributed by atoms with Gasteiger partial charge in [-0.15, -0.1) is 0 Å². The summed E-state index contributed by atoms with van der Waals surface area (Å²) >= 11 is 0. The monoisotopic (exact) mass is 292 g/mol. The second kappa shape index (κ2) is 9.13. The first-order valence-corrected chi connectivity index (χ1v) is 7.36. The fourth-order valence-corrected chi connectivity index (χ4v) is 2.13. The second-order valence-electron chi connectivity index (χ2n) is 5.00. The standard InChI is InChI=1S/C16H24N2O3/c1-3-12(4-2)14(19)10-17-15(20)11-18-16(21)13-8-6-5-7-9-13/h5-9,12,14,19H,3-4,10-11H2,1-2H3,(H,17,20)(H,18,21). The fraction of sp³-hybridized carbons (Fsp3) is 0.500. The first-order valence-electron chi connectivity index (χ1n) is 7.36. The topological polar surface area (TPSA) is 78.4 Å². The van der Waals surface area contributed by atoms with E-state index in [4.69, 9.17) is 0 Å². The molecule has 1 aromatic rings. The molecule has 0 aromatic heterocycles. The highest BCUT2D eigenvalue weighted by Crippen LogP contribution is 2.11. The summed E-state index contributed by atoms with van der Waals surface area (Å²) in [5.41, 5.74) is 0.516. The van der Waals surface area contributed by atoms with Gasteiger partial charge in [0.2, 0.25) is 5.91 Å². The number of amides is 2. The normalized spacial score (nSPS) is 12.0. The number of aliphatic hydroxyl groups excluding tert-OH is 1. The van der Waals surface area contributed by atoms with Crippen LogP contribution >= 0.6 is 0 Å². The van der Waals surface area contributed by atoms with Gasteiger partial charge in [-0.25, -0.2) is 0 Å². The fourth-order valence-electron chi connectivity index (χ4n) is 2.13. The lowest BCUT2D eigenvalue weighted by Gasteiger charge is -2.20. The van der Waals surface area contributed by atoms with E-state index >= 15 is 0 Å². The molecule has 1 unspecified atom stereocenters. The second-order valence-corrected chi connectivity index (χ2v) is 5.00. The van der Waals surface area contributed by atoms with Gasteiger partial charge in [-0.1, -0.05) is 44.9 Å². The third kappa shape index (κ3) is 5.95. The molecule has 1 rings (SSSR count). The lowest BCUT2D eigenvalue weighted by molar-refractivity contribution is -0.120. The average molecular weight is 292 g/mol. The lowest BCUT2D eigenvalue weighted by atomic mass is 9.96. The van der Waals surface area contributed by atoms with Crippen LogP contribution in [0.15, 0.2) is 30.3 Å². The molecule has 5 heteroatoms. The van der Waals surface area contributed by atoms with Crippen molar-refractivity contribution in [3.05, 3.63) is 35.9 Å². The molecule has 3 N–H and O–H groups in total. The summed E-state index contributed by atoms with van der Waals surface area (Å²) in [5.74, 6) is -0.403. The van der Waals surface area contributed by atoms with Crippen molar-refractivity contribution >= 4 is 11.8 Å². The number of benzene rings is 1. The first-order chi connectivity index (χ1) is 10.1. The SMILES string of the molecule is CCC(CC)C(O)CNC(=O)CNC(=O)c1ccccc1. The molecule has 0 bridgehead atoms. The molecule has 0 heterocycles. The van der Waals surface area contributed by atoms with Gasteiger partial charge >= 0.3 is 0 Å². The largest absolute Gasteiger partial charge is 0.391 e. The number of carbonyl (C=O) groups is 2. The summed E-state index contributed by atoms with van der Waals surface area (Å²) in [5, 5.41) is 15.1. The van der Waals surface area contributed by atoms with E-state index in [1.165, 1.54) is 0 Å². The van der Waals surface area contributed by atoms with Crippen LogP contribution in [-0.4, -0.2) is 36.1 Å². The van der Waals surface area contributed by atoms with E-state index in [1.807, 2.05) is 19.9 Å². The lowest BCUT2D eigenvalue weighted by Crippen LogP contribution is -2.41. The summed E-state index contributed by atoms with van der Waals surface area (Å²) in [4.78, 5) is 23.4. The van der Waals surface area contributed by atoms with E-state index in [9.17, 15) is 14.7 Å². The molecule has 2 amide bonds. The van der Waals surface area contributed by atoms with Crippen LogP contribution in [0.5, 0.6) is 0 Å². The van der Waals surface area contributed by atoms with Gasteiger partial charge in [-0.05, 0) is 18.1 Å². The molecule has 0 radical (unpaired) electrons. The first kappa shape index (κ1) is 17.2. The van der Waals surface area contributed by atoms with Gasteiger partial charge < -0.3 is 15.7 Å². The molecule has 0 fully saturated rings.